The predicted molar refractivity (Wildman–Crippen MR) is 108 cm³/mol. The van der Waals surface area contributed by atoms with Crippen LogP contribution in [0.2, 0.25) is 0 Å². The fourth-order valence-electron chi connectivity index (χ4n) is 2.96. The van der Waals surface area contributed by atoms with Crippen molar-refractivity contribution in [3.63, 3.8) is 0 Å². The van der Waals surface area contributed by atoms with Crippen molar-refractivity contribution in [2.24, 2.45) is 5.10 Å². The van der Waals surface area contributed by atoms with Crippen LogP contribution in [0.1, 0.15) is 20.8 Å². The number of fused-ring (bicyclic) bond motifs is 1. The van der Waals surface area contributed by atoms with Gasteiger partial charge in [-0.3, -0.25) is 4.79 Å². The molecule has 0 N–H and O–H groups in total. The summed E-state index contributed by atoms with van der Waals surface area (Å²) in [4.78, 5) is 29.9. The van der Waals surface area contributed by atoms with E-state index in [2.05, 4.69) is 10.1 Å². The molecule has 0 aliphatic rings. The van der Waals surface area contributed by atoms with Crippen molar-refractivity contribution in [2.45, 2.75) is 6.92 Å². The molecule has 7 heteroatoms. The maximum absolute atomic E-state index is 13.0. The number of aromatic carboxylic acids is 1. The number of aromatic nitrogens is 2. The Morgan fingerprint density at radius 1 is 1.14 bits per heavy atom. The number of carbonyl (C=O) groups is 1. The summed E-state index contributed by atoms with van der Waals surface area (Å²) in [7, 11) is 0. The molecule has 0 fully saturated rings. The maximum Gasteiger partial charge on any atom is 0.283 e. The number of hydrogen-bond donors (Lipinski definition) is 0. The molecule has 0 spiro atoms. The van der Waals surface area contributed by atoms with Crippen molar-refractivity contribution in [3.05, 3.63) is 87.3 Å². The van der Waals surface area contributed by atoms with E-state index in [0.717, 1.165) is 16.0 Å². The number of aryl methyl sites for hydroxylation is 1. The molecule has 0 saturated carbocycles. The second-order valence-electron chi connectivity index (χ2n) is 6.13. The lowest BCUT2D eigenvalue weighted by Gasteiger charge is -2.03. The summed E-state index contributed by atoms with van der Waals surface area (Å²) in [6.45, 7) is 1.97. The molecular weight excluding hydrogens is 374 g/mol. The number of nitrogens with zero attached hydrogens (tertiary/aromatic N) is 3. The molecule has 0 radical (unpaired) electrons. The Labute approximate surface area is 164 Å². The standard InChI is InChI=1S/C21H15N3O3S/c1-13-17(15-5-3-2-4-6-15)18-19(28-13)22-12-24(20(18)25)23-11-14-7-9-16(10-8-14)21(26)27/h2-12H,1H3,(H,26,27)/p-1/b23-11-. The summed E-state index contributed by atoms with van der Waals surface area (Å²) in [5.74, 6) is -1.24. The molecule has 0 aliphatic carbocycles. The van der Waals surface area contributed by atoms with E-state index in [1.807, 2.05) is 37.3 Å². The summed E-state index contributed by atoms with van der Waals surface area (Å²) in [6.07, 6.45) is 2.87. The van der Waals surface area contributed by atoms with Crippen LogP contribution in [0, 0.1) is 6.92 Å². The first-order valence-corrected chi connectivity index (χ1v) is 9.28. The normalized spacial score (nSPS) is 11.3. The Morgan fingerprint density at radius 3 is 2.54 bits per heavy atom. The quantitative estimate of drug-likeness (QED) is 0.503. The van der Waals surface area contributed by atoms with Gasteiger partial charge < -0.3 is 9.90 Å². The second kappa shape index (κ2) is 7.21. The van der Waals surface area contributed by atoms with Crippen LogP contribution in [-0.2, 0) is 0 Å². The van der Waals surface area contributed by atoms with Crippen LogP contribution < -0.4 is 10.7 Å². The van der Waals surface area contributed by atoms with Crippen LogP contribution in [0.3, 0.4) is 0 Å². The lowest BCUT2D eigenvalue weighted by Crippen LogP contribution is -2.22. The Hall–Kier alpha value is -3.58. The van der Waals surface area contributed by atoms with Gasteiger partial charge in [0.1, 0.15) is 11.2 Å². The van der Waals surface area contributed by atoms with Gasteiger partial charge in [-0.25, -0.2) is 4.98 Å². The maximum atomic E-state index is 13.0. The fraction of sp³-hybridized carbons (Fsp3) is 0.0476. The number of hydrogen-bond acceptors (Lipinski definition) is 6. The molecule has 6 nitrogen and oxygen atoms in total. The van der Waals surface area contributed by atoms with Crippen LogP contribution >= 0.6 is 11.3 Å². The van der Waals surface area contributed by atoms with Crippen LogP contribution in [0.5, 0.6) is 0 Å². The summed E-state index contributed by atoms with van der Waals surface area (Å²) in [5, 5.41) is 15.6. The summed E-state index contributed by atoms with van der Waals surface area (Å²) >= 11 is 1.48. The van der Waals surface area contributed by atoms with Crippen molar-refractivity contribution in [1.82, 2.24) is 9.66 Å². The van der Waals surface area contributed by atoms with Gasteiger partial charge in [-0.05, 0) is 23.6 Å². The number of carboxylic acid groups (broad SMARTS) is 1. The number of carbonyl (C=O) groups excluding carboxylic acids is 1. The molecule has 0 unspecified atom stereocenters. The van der Waals surface area contributed by atoms with E-state index in [4.69, 9.17) is 0 Å². The number of thiophene rings is 1. The second-order valence-corrected chi connectivity index (χ2v) is 7.33. The first-order valence-electron chi connectivity index (χ1n) is 8.46. The molecule has 138 valence electrons. The summed E-state index contributed by atoms with van der Waals surface area (Å²) in [5.41, 5.74) is 2.32. The molecule has 4 aromatic rings. The average molecular weight is 388 g/mol. The summed E-state index contributed by atoms with van der Waals surface area (Å²) < 4.78 is 1.19. The molecule has 2 aromatic carbocycles. The van der Waals surface area contributed by atoms with E-state index in [1.54, 1.807) is 12.1 Å². The first-order chi connectivity index (χ1) is 13.5. The highest BCUT2D eigenvalue weighted by atomic mass is 32.1. The van der Waals surface area contributed by atoms with E-state index >= 15 is 0 Å². The smallest absolute Gasteiger partial charge is 0.283 e. The minimum Gasteiger partial charge on any atom is -0.545 e. The predicted octanol–water partition coefficient (Wildman–Crippen LogP) is 2.68. The molecule has 0 bridgehead atoms. The van der Waals surface area contributed by atoms with Crippen molar-refractivity contribution in [2.75, 3.05) is 0 Å². The third-order valence-electron chi connectivity index (χ3n) is 4.31. The minimum atomic E-state index is -1.24. The summed E-state index contributed by atoms with van der Waals surface area (Å²) in [6, 6.07) is 15.8. The third kappa shape index (κ3) is 3.23. The molecule has 0 atom stereocenters. The Balaban J connectivity index is 1.78. The van der Waals surface area contributed by atoms with Gasteiger partial charge in [0.25, 0.3) is 5.56 Å². The lowest BCUT2D eigenvalue weighted by atomic mass is 10.0. The topological polar surface area (TPSA) is 87.4 Å². The number of benzene rings is 2. The van der Waals surface area contributed by atoms with Crippen LogP contribution in [0.25, 0.3) is 21.3 Å². The van der Waals surface area contributed by atoms with Crippen LogP contribution in [-0.4, -0.2) is 21.8 Å². The lowest BCUT2D eigenvalue weighted by molar-refractivity contribution is -0.255. The molecule has 2 aromatic heterocycles. The Bertz CT molecular complexity index is 1260. The zero-order valence-electron chi connectivity index (χ0n) is 14.8. The van der Waals surface area contributed by atoms with E-state index < -0.39 is 5.97 Å². The van der Waals surface area contributed by atoms with Crippen LogP contribution in [0.4, 0.5) is 0 Å². The largest absolute Gasteiger partial charge is 0.545 e. The van der Waals surface area contributed by atoms with Crippen molar-refractivity contribution in [3.8, 4) is 11.1 Å². The SMILES string of the molecule is Cc1sc2ncn(/N=C\c3ccc(C(=O)[O-])cc3)c(=O)c2c1-c1ccccc1. The highest BCUT2D eigenvalue weighted by Crippen LogP contribution is 2.35. The van der Waals surface area contributed by atoms with Gasteiger partial charge in [-0.15, -0.1) is 11.3 Å². The molecule has 0 saturated heterocycles. The van der Waals surface area contributed by atoms with Gasteiger partial charge in [-0.1, -0.05) is 54.6 Å². The zero-order valence-corrected chi connectivity index (χ0v) is 15.6. The molecular formula is C21H14N3O3S-. The highest BCUT2D eigenvalue weighted by Gasteiger charge is 2.16. The molecule has 28 heavy (non-hydrogen) atoms. The van der Waals surface area contributed by atoms with Gasteiger partial charge >= 0.3 is 0 Å². The number of carboxylic acids is 1. The van der Waals surface area contributed by atoms with E-state index in [1.165, 1.54) is 40.7 Å². The highest BCUT2D eigenvalue weighted by molar-refractivity contribution is 7.19. The third-order valence-corrected chi connectivity index (χ3v) is 5.33. The van der Waals surface area contributed by atoms with E-state index in [-0.39, 0.29) is 11.1 Å². The van der Waals surface area contributed by atoms with Crippen molar-refractivity contribution < 1.29 is 9.90 Å². The minimum absolute atomic E-state index is 0.0821. The molecule has 4 rings (SSSR count). The fourth-order valence-corrected chi connectivity index (χ4v) is 3.97. The van der Waals surface area contributed by atoms with E-state index in [0.29, 0.717) is 15.8 Å². The van der Waals surface area contributed by atoms with Gasteiger partial charge in [0.05, 0.1) is 17.6 Å². The Morgan fingerprint density at radius 2 is 1.86 bits per heavy atom. The van der Waals surface area contributed by atoms with Gasteiger partial charge in [0.2, 0.25) is 0 Å². The van der Waals surface area contributed by atoms with Gasteiger partial charge in [0, 0.05) is 10.4 Å². The van der Waals surface area contributed by atoms with E-state index in [9.17, 15) is 14.7 Å². The number of rotatable bonds is 4. The van der Waals surface area contributed by atoms with Crippen molar-refractivity contribution in [1.29, 1.82) is 0 Å². The average Bonchev–Trinajstić information content (AvgIpc) is 3.05. The Kier molecular flexibility index (Phi) is 4.58. The molecule has 0 amide bonds. The monoisotopic (exact) mass is 388 g/mol. The zero-order chi connectivity index (χ0) is 19.7. The van der Waals surface area contributed by atoms with Crippen LogP contribution in [0.15, 0.2) is 70.8 Å². The van der Waals surface area contributed by atoms with Gasteiger partial charge in [-0.2, -0.15) is 9.78 Å². The molecule has 2 heterocycles. The first kappa shape index (κ1) is 17.8. The molecule has 0 aliphatic heterocycles. The van der Waals surface area contributed by atoms with Crippen molar-refractivity contribution >= 4 is 33.7 Å². The van der Waals surface area contributed by atoms with Gasteiger partial charge in [0.15, 0.2) is 0 Å².